The Morgan fingerprint density at radius 2 is 1.92 bits per heavy atom. The summed E-state index contributed by atoms with van der Waals surface area (Å²) >= 11 is 0. The molecule has 0 unspecified atom stereocenters. The molecular weight excluding hydrogens is 328 g/mol. The lowest BCUT2D eigenvalue weighted by Crippen LogP contribution is -2.37. The first-order chi connectivity index (χ1) is 12.6. The number of aromatic nitrogens is 2. The molecule has 3 aromatic rings. The van der Waals surface area contributed by atoms with Crippen LogP contribution in [0.5, 0.6) is 0 Å². The van der Waals surface area contributed by atoms with E-state index in [0.29, 0.717) is 16.7 Å². The number of rotatable bonds is 5. The van der Waals surface area contributed by atoms with E-state index in [0.717, 1.165) is 5.56 Å². The molecule has 0 N–H and O–H groups in total. The van der Waals surface area contributed by atoms with Gasteiger partial charge in [-0.1, -0.05) is 29.8 Å². The van der Waals surface area contributed by atoms with E-state index in [2.05, 4.69) is 11.1 Å². The summed E-state index contributed by atoms with van der Waals surface area (Å²) in [7, 11) is 0. The van der Waals surface area contributed by atoms with Crippen LogP contribution in [0.25, 0.3) is 11.0 Å². The van der Waals surface area contributed by atoms with Gasteiger partial charge in [-0.05, 0) is 31.2 Å². The number of benzene rings is 2. The van der Waals surface area contributed by atoms with Crippen molar-refractivity contribution in [1.29, 1.82) is 5.26 Å². The molecular formula is C20H18N4O2. The summed E-state index contributed by atoms with van der Waals surface area (Å²) in [5, 5.41) is 8.91. The molecule has 0 saturated heterocycles. The van der Waals surface area contributed by atoms with Crippen molar-refractivity contribution < 1.29 is 4.79 Å². The Morgan fingerprint density at radius 3 is 2.65 bits per heavy atom. The Kier molecular flexibility index (Phi) is 5.09. The zero-order valence-corrected chi connectivity index (χ0v) is 14.4. The van der Waals surface area contributed by atoms with Crippen molar-refractivity contribution >= 4 is 22.6 Å². The molecule has 26 heavy (non-hydrogen) atoms. The van der Waals surface area contributed by atoms with Crippen LogP contribution in [0.1, 0.15) is 12.0 Å². The number of carbonyl (C=O) groups is 1. The Morgan fingerprint density at radius 1 is 1.19 bits per heavy atom. The second kappa shape index (κ2) is 7.62. The van der Waals surface area contributed by atoms with Crippen LogP contribution in [-0.2, 0) is 11.3 Å². The van der Waals surface area contributed by atoms with Gasteiger partial charge < -0.3 is 4.90 Å². The maximum atomic E-state index is 12.9. The first kappa shape index (κ1) is 17.4. The van der Waals surface area contributed by atoms with E-state index in [1.165, 1.54) is 10.8 Å². The van der Waals surface area contributed by atoms with Crippen LogP contribution in [0.2, 0.25) is 0 Å². The third-order valence-electron chi connectivity index (χ3n) is 4.14. The van der Waals surface area contributed by atoms with E-state index in [-0.39, 0.29) is 31.0 Å². The van der Waals surface area contributed by atoms with Gasteiger partial charge in [0, 0.05) is 12.2 Å². The largest absolute Gasteiger partial charge is 0.310 e. The Balaban J connectivity index is 1.96. The summed E-state index contributed by atoms with van der Waals surface area (Å²) in [4.78, 5) is 30.9. The van der Waals surface area contributed by atoms with Crippen LogP contribution in [0.4, 0.5) is 5.69 Å². The first-order valence-electron chi connectivity index (χ1n) is 8.29. The average molecular weight is 346 g/mol. The molecule has 1 heterocycles. The molecule has 1 aromatic heterocycles. The van der Waals surface area contributed by atoms with Gasteiger partial charge in [-0.3, -0.25) is 14.2 Å². The molecule has 0 aliphatic rings. The summed E-state index contributed by atoms with van der Waals surface area (Å²) in [5.74, 6) is -0.248. The number of hydrogen-bond acceptors (Lipinski definition) is 4. The number of carbonyl (C=O) groups excluding carboxylic acids is 1. The van der Waals surface area contributed by atoms with E-state index < -0.39 is 0 Å². The van der Waals surface area contributed by atoms with Crippen LogP contribution in [-0.4, -0.2) is 22.0 Å². The standard InChI is InChI=1S/C20H18N4O2/c1-15-7-9-16(10-8-15)23(12-4-11-21)20(26)14-24-18-6-3-2-5-17(18)22-13-19(24)25/h2-3,5-10,13H,4,12,14H2,1H3. The van der Waals surface area contributed by atoms with Gasteiger partial charge in [-0.25, -0.2) is 4.98 Å². The number of nitriles is 1. The van der Waals surface area contributed by atoms with Crippen LogP contribution in [0.3, 0.4) is 0 Å². The van der Waals surface area contributed by atoms with Crippen molar-refractivity contribution in [3.63, 3.8) is 0 Å². The number of aryl methyl sites for hydroxylation is 1. The number of hydrogen-bond donors (Lipinski definition) is 0. The van der Waals surface area contributed by atoms with Crippen molar-refractivity contribution in [3.8, 4) is 6.07 Å². The predicted molar refractivity (Wildman–Crippen MR) is 99.8 cm³/mol. The number of anilines is 1. The van der Waals surface area contributed by atoms with Gasteiger partial charge in [0.1, 0.15) is 6.54 Å². The molecule has 6 nitrogen and oxygen atoms in total. The van der Waals surface area contributed by atoms with Gasteiger partial charge in [-0.2, -0.15) is 5.26 Å². The lowest BCUT2D eigenvalue weighted by atomic mass is 10.2. The van der Waals surface area contributed by atoms with Crippen molar-refractivity contribution in [2.45, 2.75) is 19.9 Å². The molecule has 0 spiro atoms. The minimum atomic E-state index is -0.332. The SMILES string of the molecule is Cc1ccc(N(CCC#N)C(=O)Cn2c(=O)cnc3ccccc32)cc1. The van der Waals surface area contributed by atoms with Crippen molar-refractivity contribution in [2.75, 3.05) is 11.4 Å². The minimum absolute atomic E-state index is 0.110. The highest BCUT2D eigenvalue weighted by Crippen LogP contribution is 2.17. The summed E-state index contributed by atoms with van der Waals surface area (Å²) < 4.78 is 1.41. The highest BCUT2D eigenvalue weighted by molar-refractivity contribution is 5.94. The van der Waals surface area contributed by atoms with E-state index >= 15 is 0 Å². The van der Waals surface area contributed by atoms with Gasteiger partial charge in [0.2, 0.25) is 5.91 Å². The fraction of sp³-hybridized carbons (Fsp3) is 0.200. The summed E-state index contributed by atoms with van der Waals surface area (Å²) in [6.07, 6.45) is 1.44. The smallest absolute Gasteiger partial charge is 0.269 e. The monoisotopic (exact) mass is 346 g/mol. The van der Waals surface area contributed by atoms with Crippen LogP contribution < -0.4 is 10.5 Å². The van der Waals surface area contributed by atoms with E-state index in [9.17, 15) is 9.59 Å². The Hall–Kier alpha value is -3.46. The molecule has 0 saturated carbocycles. The number of nitrogens with zero attached hydrogens (tertiary/aromatic N) is 4. The fourth-order valence-electron chi connectivity index (χ4n) is 2.78. The number of para-hydroxylation sites is 2. The van der Waals surface area contributed by atoms with E-state index in [4.69, 9.17) is 5.26 Å². The lowest BCUT2D eigenvalue weighted by Gasteiger charge is -2.23. The topological polar surface area (TPSA) is 79.0 Å². The molecule has 1 amide bonds. The van der Waals surface area contributed by atoms with Crippen molar-refractivity contribution in [3.05, 3.63) is 70.6 Å². The van der Waals surface area contributed by atoms with Gasteiger partial charge in [0.05, 0.1) is 29.7 Å². The fourth-order valence-corrected chi connectivity index (χ4v) is 2.78. The predicted octanol–water partition coefficient (Wildman–Crippen LogP) is 2.65. The highest BCUT2D eigenvalue weighted by atomic mass is 16.2. The van der Waals surface area contributed by atoms with Crippen LogP contribution >= 0.6 is 0 Å². The van der Waals surface area contributed by atoms with Crippen molar-refractivity contribution in [2.24, 2.45) is 0 Å². The van der Waals surface area contributed by atoms with Crippen molar-refractivity contribution in [1.82, 2.24) is 9.55 Å². The van der Waals surface area contributed by atoms with Gasteiger partial charge in [0.15, 0.2) is 0 Å². The van der Waals surface area contributed by atoms with E-state index in [1.807, 2.05) is 37.3 Å². The molecule has 3 rings (SSSR count). The molecule has 0 radical (unpaired) electrons. The van der Waals surface area contributed by atoms with Gasteiger partial charge in [0.25, 0.3) is 5.56 Å². The van der Waals surface area contributed by atoms with Crippen LogP contribution in [0.15, 0.2) is 59.5 Å². The third-order valence-corrected chi connectivity index (χ3v) is 4.14. The molecule has 0 fully saturated rings. The minimum Gasteiger partial charge on any atom is -0.310 e. The molecule has 0 aliphatic heterocycles. The molecule has 0 aliphatic carbocycles. The second-order valence-corrected chi connectivity index (χ2v) is 5.96. The Bertz CT molecular complexity index is 1030. The molecule has 0 bridgehead atoms. The van der Waals surface area contributed by atoms with Gasteiger partial charge in [-0.15, -0.1) is 0 Å². The third kappa shape index (κ3) is 3.62. The zero-order valence-electron chi connectivity index (χ0n) is 14.4. The number of amides is 1. The Labute approximate surface area is 150 Å². The quantitative estimate of drug-likeness (QED) is 0.711. The second-order valence-electron chi connectivity index (χ2n) is 5.96. The highest BCUT2D eigenvalue weighted by Gasteiger charge is 2.17. The maximum absolute atomic E-state index is 12.9. The zero-order chi connectivity index (χ0) is 18.5. The lowest BCUT2D eigenvalue weighted by molar-refractivity contribution is -0.119. The normalized spacial score (nSPS) is 10.5. The summed E-state index contributed by atoms with van der Waals surface area (Å²) in [5.41, 5.74) is 2.72. The molecule has 130 valence electrons. The number of fused-ring (bicyclic) bond motifs is 1. The first-order valence-corrected chi connectivity index (χ1v) is 8.29. The molecule has 6 heteroatoms. The maximum Gasteiger partial charge on any atom is 0.269 e. The van der Waals surface area contributed by atoms with E-state index in [1.54, 1.807) is 23.1 Å². The summed E-state index contributed by atoms with van der Waals surface area (Å²) in [6.45, 7) is 2.13. The summed E-state index contributed by atoms with van der Waals surface area (Å²) in [6, 6.07) is 16.8. The van der Waals surface area contributed by atoms with Gasteiger partial charge >= 0.3 is 0 Å². The van der Waals surface area contributed by atoms with Crippen LogP contribution in [0, 0.1) is 18.3 Å². The molecule has 2 aromatic carbocycles. The average Bonchev–Trinajstić information content (AvgIpc) is 2.66. The molecule has 0 atom stereocenters.